The standard InChI is InChI=1S/C10H6ClF4N3/c11-6-3-5(1-2-7(6)12)18-9(16)4-8(17-18)10(13,14)15/h1-4H,16H2. The fraction of sp³-hybridized carbons (Fsp3) is 0.100. The number of benzene rings is 1. The summed E-state index contributed by atoms with van der Waals surface area (Å²) < 4.78 is 51.0. The van der Waals surface area contributed by atoms with Crippen molar-refractivity contribution in [1.82, 2.24) is 9.78 Å². The molecule has 0 atom stereocenters. The van der Waals surface area contributed by atoms with Gasteiger partial charge in [-0.1, -0.05) is 11.6 Å². The Morgan fingerprint density at radius 3 is 2.39 bits per heavy atom. The topological polar surface area (TPSA) is 43.8 Å². The van der Waals surface area contributed by atoms with Gasteiger partial charge in [0.1, 0.15) is 11.6 Å². The molecule has 1 heterocycles. The summed E-state index contributed by atoms with van der Waals surface area (Å²) in [4.78, 5) is 0. The van der Waals surface area contributed by atoms with Gasteiger partial charge in [-0.3, -0.25) is 0 Å². The van der Waals surface area contributed by atoms with E-state index in [4.69, 9.17) is 17.3 Å². The van der Waals surface area contributed by atoms with Gasteiger partial charge in [0, 0.05) is 6.07 Å². The van der Waals surface area contributed by atoms with Gasteiger partial charge in [0.15, 0.2) is 5.69 Å². The minimum atomic E-state index is -4.59. The molecule has 0 aliphatic rings. The lowest BCUT2D eigenvalue weighted by molar-refractivity contribution is -0.141. The number of nitrogen functional groups attached to an aromatic ring is 1. The average Bonchev–Trinajstić information content (AvgIpc) is 2.64. The van der Waals surface area contributed by atoms with Crippen molar-refractivity contribution in [2.45, 2.75) is 6.18 Å². The van der Waals surface area contributed by atoms with Crippen LogP contribution in [0.1, 0.15) is 5.69 Å². The molecule has 0 unspecified atom stereocenters. The van der Waals surface area contributed by atoms with Crippen molar-refractivity contribution in [3.05, 3.63) is 40.8 Å². The maximum absolute atomic E-state index is 12.9. The van der Waals surface area contributed by atoms with Crippen molar-refractivity contribution in [2.24, 2.45) is 0 Å². The second-order valence-corrected chi connectivity index (χ2v) is 3.87. The van der Waals surface area contributed by atoms with Crippen molar-refractivity contribution >= 4 is 17.4 Å². The summed E-state index contributed by atoms with van der Waals surface area (Å²) in [5.74, 6) is -0.896. The molecule has 0 bridgehead atoms. The van der Waals surface area contributed by atoms with Crippen molar-refractivity contribution in [3.63, 3.8) is 0 Å². The predicted molar refractivity (Wildman–Crippen MR) is 57.9 cm³/mol. The van der Waals surface area contributed by atoms with Crippen LogP contribution in [0.4, 0.5) is 23.4 Å². The summed E-state index contributed by atoms with van der Waals surface area (Å²) >= 11 is 5.53. The van der Waals surface area contributed by atoms with Gasteiger partial charge >= 0.3 is 6.18 Å². The Bertz CT molecular complexity index is 591. The first-order chi connectivity index (χ1) is 8.29. The fourth-order valence-electron chi connectivity index (χ4n) is 1.36. The largest absolute Gasteiger partial charge is 0.435 e. The molecular formula is C10H6ClF4N3. The smallest absolute Gasteiger partial charge is 0.384 e. The van der Waals surface area contributed by atoms with Gasteiger partial charge in [0.05, 0.1) is 10.7 Å². The summed E-state index contributed by atoms with van der Waals surface area (Å²) in [6, 6.07) is 4.08. The van der Waals surface area contributed by atoms with E-state index in [1.807, 2.05) is 0 Å². The minimum absolute atomic E-state index is 0.148. The molecule has 0 aliphatic heterocycles. The number of rotatable bonds is 1. The summed E-state index contributed by atoms with van der Waals surface area (Å²) in [6.45, 7) is 0. The van der Waals surface area contributed by atoms with Gasteiger partial charge in [-0.25, -0.2) is 9.07 Å². The number of nitrogens with zero attached hydrogens (tertiary/aromatic N) is 2. The van der Waals surface area contributed by atoms with E-state index in [0.717, 1.165) is 16.8 Å². The molecule has 0 fully saturated rings. The molecular weight excluding hydrogens is 274 g/mol. The van der Waals surface area contributed by atoms with E-state index < -0.39 is 17.7 Å². The van der Waals surface area contributed by atoms with Crippen LogP contribution in [0.15, 0.2) is 24.3 Å². The van der Waals surface area contributed by atoms with E-state index in [2.05, 4.69) is 5.10 Å². The van der Waals surface area contributed by atoms with Gasteiger partial charge in [0.25, 0.3) is 0 Å². The first-order valence-electron chi connectivity index (χ1n) is 4.67. The van der Waals surface area contributed by atoms with Gasteiger partial charge in [-0.2, -0.15) is 18.3 Å². The quantitative estimate of drug-likeness (QED) is 0.814. The maximum atomic E-state index is 12.9. The van der Waals surface area contributed by atoms with Gasteiger partial charge in [-0.05, 0) is 18.2 Å². The normalized spacial score (nSPS) is 11.8. The SMILES string of the molecule is Nc1cc(C(F)(F)F)nn1-c1ccc(F)c(Cl)c1. The third-order valence-corrected chi connectivity index (χ3v) is 2.46. The molecule has 3 nitrogen and oxygen atoms in total. The van der Waals surface area contributed by atoms with Crippen LogP contribution in [0.2, 0.25) is 5.02 Å². The van der Waals surface area contributed by atoms with Crippen LogP contribution in [-0.2, 0) is 6.18 Å². The second-order valence-electron chi connectivity index (χ2n) is 3.46. The van der Waals surface area contributed by atoms with E-state index in [-0.39, 0.29) is 16.5 Å². The number of anilines is 1. The molecule has 8 heteroatoms. The number of aromatic nitrogens is 2. The number of halogens is 5. The molecule has 2 N–H and O–H groups in total. The molecule has 2 aromatic rings. The summed E-state index contributed by atoms with van der Waals surface area (Å²) in [6.07, 6.45) is -4.59. The highest BCUT2D eigenvalue weighted by Gasteiger charge is 2.34. The van der Waals surface area contributed by atoms with E-state index in [1.165, 1.54) is 6.07 Å². The number of hydrogen-bond acceptors (Lipinski definition) is 2. The van der Waals surface area contributed by atoms with Crippen LogP contribution in [0.25, 0.3) is 5.69 Å². The molecule has 0 saturated carbocycles. The first kappa shape index (κ1) is 12.7. The number of nitrogens with two attached hydrogens (primary N) is 1. The Kier molecular flexibility index (Phi) is 2.94. The van der Waals surface area contributed by atoms with Gasteiger partial charge in [-0.15, -0.1) is 0 Å². The van der Waals surface area contributed by atoms with Gasteiger partial charge in [0.2, 0.25) is 0 Å². The molecule has 1 aromatic carbocycles. The van der Waals surface area contributed by atoms with E-state index in [9.17, 15) is 17.6 Å². The third kappa shape index (κ3) is 2.26. The van der Waals surface area contributed by atoms with Crippen LogP contribution in [-0.4, -0.2) is 9.78 Å². The lowest BCUT2D eigenvalue weighted by atomic mass is 10.3. The lowest BCUT2D eigenvalue weighted by Crippen LogP contribution is -2.07. The van der Waals surface area contributed by atoms with Crippen LogP contribution >= 0.6 is 11.6 Å². The number of alkyl halides is 3. The van der Waals surface area contributed by atoms with Crippen LogP contribution in [0.5, 0.6) is 0 Å². The van der Waals surface area contributed by atoms with Crippen molar-refractivity contribution in [3.8, 4) is 5.69 Å². The van der Waals surface area contributed by atoms with Crippen LogP contribution in [0.3, 0.4) is 0 Å². The fourth-order valence-corrected chi connectivity index (χ4v) is 1.53. The summed E-state index contributed by atoms with van der Waals surface area (Å²) in [7, 11) is 0. The molecule has 1 aromatic heterocycles. The maximum Gasteiger partial charge on any atom is 0.435 e. The lowest BCUT2D eigenvalue weighted by Gasteiger charge is -2.05. The summed E-state index contributed by atoms with van der Waals surface area (Å²) in [5, 5.41) is 3.08. The molecule has 0 radical (unpaired) electrons. The third-order valence-electron chi connectivity index (χ3n) is 2.18. The Balaban J connectivity index is 2.51. The van der Waals surface area contributed by atoms with E-state index in [0.29, 0.717) is 6.07 Å². The van der Waals surface area contributed by atoms with Gasteiger partial charge < -0.3 is 5.73 Å². The van der Waals surface area contributed by atoms with Crippen molar-refractivity contribution in [1.29, 1.82) is 0 Å². The van der Waals surface area contributed by atoms with Crippen LogP contribution < -0.4 is 5.73 Å². The highest BCUT2D eigenvalue weighted by molar-refractivity contribution is 6.30. The molecule has 96 valence electrons. The Morgan fingerprint density at radius 1 is 1.22 bits per heavy atom. The Hall–Kier alpha value is -1.76. The minimum Gasteiger partial charge on any atom is -0.384 e. The first-order valence-corrected chi connectivity index (χ1v) is 5.05. The average molecular weight is 280 g/mol. The zero-order valence-electron chi connectivity index (χ0n) is 8.67. The Labute approximate surface area is 104 Å². The Morgan fingerprint density at radius 2 is 1.89 bits per heavy atom. The molecule has 0 spiro atoms. The number of hydrogen-bond donors (Lipinski definition) is 1. The highest BCUT2D eigenvalue weighted by Crippen LogP contribution is 2.30. The zero-order chi connectivity index (χ0) is 13.5. The van der Waals surface area contributed by atoms with E-state index in [1.54, 1.807) is 0 Å². The summed E-state index contributed by atoms with van der Waals surface area (Å²) in [5.41, 5.74) is 4.44. The van der Waals surface area contributed by atoms with Crippen molar-refractivity contribution in [2.75, 3.05) is 5.73 Å². The van der Waals surface area contributed by atoms with Crippen LogP contribution in [0, 0.1) is 5.82 Å². The molecule has 2 rings (SSSR count). The molecule has 0 amide bonds. The zero-order valence-corrected chi connectivity index (χ0v) is 9.43. The molecule has 18 heavy (non-hydrogen) atoms. The predicted octanol–water partition coefficient (Wildman–Crippen LogP) is 3.27. The molecule has 0 aliphatic carbocycles. The second kappa shape index (κ2) is 4.16. The highest BCUT2D eigenvalue weighted by atomic mass is 35.5. The van der Waals surface area contributed by atoms with E-state index >= 15 is 0 Å². The monoisotopic (exact) mass is 279 g/mol. The van der Waals surface area contributed by atoms with Crippen molar-refractivity contribution < 1.29 is 17.6 Å². The molecule has 0 saturated heterocycles.